The maximum Gasteiger partial charge on any atom is 0.312 e. The van der Waals surface area contributed by atoms with E-state index in [1.807, 2.05) is 12.1 Å². The third kappa shape index (κ3) is 8.71. The number of carbonyl (C=O) groups is 1. The molecule has 330 valence electrons. The molecule has 16 nitrogen and oxygen atoms in total. The number of carbonyl (C=O) groups excluding carboxylic acids is 1. The summed E-state index contributed by atoms with van der Waals surface area (Å²) in [5, 5.41) is 15.9. The summed E-state index contributed by atoms with van der Waals surface area (Å²) in [6, 6.07) is 19.5. The summed E-state index contributed by atoms with van der Waals surface area (Å²) in [7, 11) is -4.61. The van der Waals surface area contributed by atoms with Gasteiger partial charge in [0.15, 0.2) is 0 Å². The smallest absolute Gasteiger partial charge is 0.312 e. The van der Waals surface area contributed by atoms with E-state index in [0.717, 1.165) is 94.7 Å². The van der Waals surface area contributed by atoms with Gasteiger partial charge in [0.05, 0.1) is 42.1 Å². The molecule has 2 aliphatic carbocycles. The van der Waals surface area contributed by atoms with Crippen molar-refractivity contribution in [2.24, 2.45) is 11.3 Å². The van der Waals surface area contributed by atoms with Crippen LogP contribution in [-0.2, 0) is 19.5 Å². The number of H-pyrrole nitrogens is 1. The van der Waals surface area contributed by atoms with E-state index in [-0.39, 0.29) is 28.5 Å². The standard InChI is InChI=1S/C46H52N8O8S/c55-45(51-63(58,59)36-23-40(54(56)57)44(50-28-36)48-26-30-10-18-60-19-11-30)39-8-7-33(22-42(39)62-35-21-32-9-14-47-43(32)49-27-35)52-15-12-46(13-16-52)24-34(25-46)53-17-20-61-29-41(53)38-4-2-1-3-37(38)31-5-6-31/h1-4,7-9,14,21-23,27-28,30-31,34,41H,5-6,10-13,15-20,24-26,29H2,(H,47,49)(H,48,50)(H,51,55)/t41-/m1/s1. The molecule has 5 aliphatic rings. The number of morpholine rings is 1. The number of hydrogen-bond acceptors (Lipinski definition) is 13. The first-order valence-electron chi connectivity index (χ1n) is 22.1. The van der Waals surface area contributed by atoms with E-state index in [1.165, 1.54) is 30.2 Å². The van der Waals surface area contributed by atoms with Gasteiger partial charge in [0.2, 0.25) is 5.82 Å². The molecule has 10 rings (SSSR count). The molecule has 0 radical (unpaired) electrons. The van der Waals surface area contributed by atoms with Crippen molar-refractivity contribution in [1.82, 2.24) is 24.6 Å². The average molecular weight is 877 g/mol. The number of aromatic nitrogens is 3. The number of nitro groups is 1. The van der Waals surface area contributed by atoms with Gasteiger partial charge in [-0.15, -0.1) is 0 Å². The third-order valence-electron chi connectivity index (χ3n) is 13.8. The first-order valence-corrected chi connectivity index (χ1v) is 23.6. The van der Waals surface area contributed by atoms with Crippen molar-refractivity contribution in [3.8, 4) is 11.5 Å². The quantitative estimate of drug-likeness (QED) is 0.0788. The van der Waals surface area contributed by atoms with Crippen molar-refractivity contribution in [3.63, 3.8) is 0 Å². The predicted octanol–water partition coefficient (Wildman–Crippen LogP) is 7.32. The normalized spacial score (nSPS) is 21.0. The Balaban J connectivity index is 0.843. The Hall–Kier alpha value is -5.62. The molecule has 1 atom stereocenters. The van der Waals surface area contributed by atoms with Crippen molar-refractivity contribution in [2.45, 2.75) is 74.3 Å². The minimum absolute atomic E-state index is 0.0349. The van der Waals surface area contributed by atoms with Crippen molar-refractivity contribution in [3.05, 3.63) is 106 Å². The highest BCUT2D eigenvalue weighted by Crippen LogP contribution is 2.54. The van der Waals surface area contributed by atoms with Gasteiger partial charge in [0.25, 0.3) is 15.9 Å². The van der Waals surface area contributed by atoms with Crippen LogP contribution >= 0.6 is 0 Å². The van der Waals surface area contributed by atoms with Crippen LogP contribution in [0.4, 0.5) is 17.2 Å². The van der Waals surface area contributed by atoms with Crippen LogP contribution in [0, 0.1) is 21.4 Å². The van der Waals surface area contributed by atoms with E-state index in [1.54, 1.807) is 24.4 Å². The summed E-state index contributed by atoms with van der Waals surface area (Å²) in [5.74, 6) is 0.416. The number of piperidine rings is 1. The zero-order valence-corrected chi connectivity index (χ0v) is 35.9. The highest BCUT2D eigenvalue weighted by molar-refractivity contribution is 7.90. The van der Waals surface area contributed by atoms with Gasteiger partial charge in [0, 0.05) is 74.8 Å². The molecule has 17 heteroatoms. The second-order valence-corrected chi connectivity index (χ2v) is 19.5. The van der Waals surface area contributed by atoms with E-state index in [2.05, 4.69) is 59.1 Å². The van der Waals surface area contributed by atoms with Crippen LogP contribution < -0.4 is 19.7 Å². The summed E-state index contributed by atoms with van der Waals surface area (Å²) in [5.41, 5.74) is 4.18. The molecule has 0 bridgehead atoms. The van der Waals surface area contributed by atoms with Crippen LogP contribution in [0.5, 0.6) is 11.5 Å². The number of aromatic amines is 1. The van der Waals surface area contributed by atoms with Crippen LogP contribution in [0.1, 0.15) is 84.8 Å². The summed E-state index contributed by atoms with van der Waals surface area (Å²) in [6.45, 7) is 5.75. The number of nitrogens with one attached hydrogen (secondary N) is 3. The molecule has 0 unspecified atom stereocenters. The fourth-order valence-corrected chi connectivity index (χ4v) is 11.0. The molecule has 5 fully saturated rings. The van der Waals surface area contributed by atoms with Crippen LogP contribution in [-0.4, -0.2) is 97.7 Å². The topological polar surface area (TPSA) is 194 Å². The zero-order chi connectivity index (χ0) is 43.1. The molecular formula is C46H52N8O8S. The molecule has 3 saturated heterocycles. The van der Waals surface area contributed by atoms with Gasteiger partial charge in [0.1, 0.15) is 22.0 Å². The Morgan fingerprint density at radius 2 is 1.73 bits per heavy atom. The lowest BCUT2D eigenvalue weighted by Crippen LogP contribution is -2.58. The Bertz CT molecular complexity index is 2610. The lowest BCUT2D eigenvalue weighted by Gasteiger charge is -2.57. The van der Waals surface area contributed by atoms with Gasteiger partial charge in [-0.05, 0) is 104 Å². The number of benzene rings is 2. The molecule has 1 amide bonds. The first-order chi connectivity index (χ1) is 30.6. The number of rotatable bonds is 13. The monoisotopic (exact) mass is 876 g/mol. The number of sulfonamides is 1. The highest BCUT2D eigenvalue weighted by atomic mass is 32.2. The minimum Gasteiger partial charge on any atom is -0.455 e. The molecule has 5 aromatic rings. The molecule has 3 N–H and O–H groups in total. The van der Waals surface area contributed by atoms with Crippen LogP contribution in [0.15, 0.2) is 84.1 Å². The maximum atomic E-state index is 13.9. The molecule has 6 heterocycles. The summed E-state index contributed by atoms with van der Waals surface area (Å²) >= 11 is 0. The average Bonchev–Trinajstić information content (AvgIpc) is 4.04. The van der Waals surface area contributed by atoms with Crippen molar-refractivity contribution >= 4 is 44.2 Å². The Morgan fingerprint density at radius 1 is 0.937 bits per heavy atom. The Kier molecular flexibility index (Phi) is 11.3. The number of amides is 1. The Labute approximate surface area is 365 Å². The summed E-state index contributed by atoms with van der Waals surface area (Å²) in [6.07, 6.45) is 12.8. The van der Waals surface area contributed by atoms with E-state index in [4.69, 9.17) is 14.2 Å². The van der Waals surface area contributed by atoms with Gasteiger partial charge in [-0.1, -0.05) is 24.3 Å². The van der Waals surface area contributed by atoms with Crippen LogP contribution in [0.25, 0.3) is 11.0 Å². The molecule has 2 saturated carbocycles. The van der Waals surface area contributed by atoms with Gasteiger partial charge in [-0.25, -0.2) is 23.1 Å². The SMILES string of the molecule is O=C(NS(=O)(=O)c1cnc(NCC2CCOCC2)c([N+](=O)[O-])c1)c1ccc(N2CCC3(CC2)CC(N2CCOC[C@@H]2c2ccccc2C2CC2)C3)cc1Oc1cnc2[nH]ccc2c1. The number of fused-ring (bicyclic) bond motifs is 1. The van der Waals surface area contributed by atoms with E-state index >= 15 is 0 Å². The fraction of sp³-hybridized carbons (Fsp3) is 0.457. The lowest BCUT2D eigenvalue weighted by molar-refractivity contribution is -0.384. The number of hydrogen-bond donors (Lipinski definition) is 3. The van der Waals surface area contributed by atoms with Gasteiger partial charge in [-0.2, -0.15) is 0 Å². The summed E-state index contributed by atoms with van der Waals surface area (Å²) in [4.78, 5) is 41.4. The minimum atomic E-state index is -4.61. The fourth-order valence-electron chi connectivity index (χ4n) is 10.1. The maximum absolute atomic E-state index is 13.9. The predicted molar refractivity (Wildman–Crippen MR) is 236 cm³/mol. The van der Waals surface area contributed by atoms with Crippen LogP contribution in [0.2, 0.25) is 0 Å². The largest absolute Gasteiger partial charge is 0.455 e. The molecule has 63 heavy (non-hydrogen) atoms. The van der Waals surface area contributed by atoms with Gasteiger partial charge < -0.3 is 29.4 Å². The number of nitrogens with zero attached hydrogens (tertiary/aromatic N) is 5. The zero-order valence-electron chi connectivity index (χ0n) is 35.0. The highest BCUT2D eigenvalue weighted by Gasteiger charge is 2.50. The van der Waals surface area contributed by atoms with E-state index in [9.17, 15) is 23.3 Å². The van der Waals surface area contributed by atoms with Crippen molar-refractivity contribution in [1.29, 1.82) is 0 Å². The van der Waals surface area contributed by atoms with Gasteiger partial charge in [-0.3, -0.25) is 19.8 Å². The van der Waals surface area contributed by atoms with Crippen molar-refractivity contribution < 1.29 is 32.3 Å². The van der Waals surface area contributed by atoms with E-state index in [0.29, 0.717) is 49.2 Å². The number of anilines is 2. The molecule has 3 aliphatic heterocycles. The Morgan fingerprint density at radius 3 is 2.51 bits per heavy atom. The summed E-state index contributed by atoms with van der Waals surface area (Å²) < 4.78 is 47.2. The number of ether oxygens (including phenoxy) is 3. The second kappa shape index (κ2) is 17.2. The molecule has 2 aromatic carbocycles. The van der Waals surface area contributed by atoms with Crippen LogP contribution in [0.3, 0.4) is 0 Å². The molecule has 3 aromatic heterocycles. The second-order valence-electron chi connectivity index (χ2n) is 17.8. The van der Waals surface area contributed by atoms with Crippen molar-refractivity contribution in [2.75, 3.05) is 62.8 Å². The first kappa shape index (κ1) is 41.4. The lowest BCUT2D eigenvalue weighted by atomic mass is 9.59. The molecule has 1 spiro atoms. The van der Waals surface area contributed by atoms with Gasteiger partial charge >= 0.3 is 5.69 Å². The third-order valence-corrected chi connectivity index (χ3v) is 15.1. The number of pyridine rings is 2. The molecular weight excluding hydrogens is 825 g/mol. The van der Waals surface area contributed by atoms with E-state index < -0.39 is 31.4 Å².